The van der Waals surface area contributed by atoms with Gasteiger partial charge in [-0.3, -0.25) is 0 Å². The molecule has 13 heteroatoms. The standard InChI is InChI=1S/C31H32N2O9S2/c1-3-20-39-25-12-16-29(17-13-25)43(35,36)41-27-10-8-23(9-11-27)32-31(34)33-24-6-5-7-28(22-24)42-44(37,38)30-18-14-26(15-19-30)40-21-4-2/h5-19,22H,3-4,20-21H2,1-2H3,(H2,32,33,34). The quantitative estimate of drug-likeness (QED) is 0.149. The molecule has 4 rings (SSSR count). The van der Waals surface area contributed by atoms with Crippen molar-refractivity contribution in [3.05, 3.63) is 97.1 Å². The minimum atomic E-state index is -4.13. The van der Waals surface area contributed by atoms with Crippen molar-refractivity contribution >= 4 is 37.6 Å². The summed E-state index contributed by atoms with van der Waals surface area (Å²) in [6.07, 6.45) is 1.65. The van der Waals surface area contributed by atoms with E-state index in [-0.39, 0.29) is 27.0 Å². The molecule has 2 amide bonds. The summed E-state index contributed by atoms with van der Waals surface area (Å²) in [5.41, 5.74) is 0.627. The number of amides is 2. The van der Waals surface area contributed by atoms with Crippen LogP contribution >= 0.6 is 0 Å². The highest BCUT2D eigenvalue weighted by Gasteiger charge is 2.18. The van der Waals surface area contributed by atoms with Crippen LogP contribution in [0.1, 0.15) is 26.7 Å². The molecule has 44 heavy (non-hydrogen) atoms. The molecule has 11 nitrogen and oxygen atoms in total. The van der Waals surface area contributed by atoms with Crippen molar-refractivity contribution in [3.8, 4) is 23.0 Å². The fourth-order valence-electron chi connectivity index (χ4n) is 3.71. The summed E-state index contributed by atoms with van der Waals surface area (Å²) in [4.78, 5) is 12.5. The van der Waals surface area contributed by atoms with Gasteiger partial charge in [-0.25, -0.2) is 4.79 Å². The second-order valence-corrected chi connectivity index (χ2v) is 12.4. The third-order valence-electron chi connectivity index (χ3n) is 5.79. The maximum atomic E-state index is 12.7. The third-order valence-corrected chi connectivity index (χ3v) is 8.31. The number of benzene rings is 4. The topological polar surface area (TPSA) is 146 Å². The zero-order valence-electron chi connectivity index (χ0n) is 24.1. The summed E-state index contributed by atoms with van der Waals surface area (Å²) < 4.78 is 72.1. The molecule has 0 aromatic heterocycles. The molecule has 0 aliphatic rings. The second kappa shape index (κ2) is 14.6. The Kier molecular flexibility index (Phi) is 10.7. The van der Waals surface area contributed by atoms with Crippen molar-refractivity contribution in [2.75, 3.05) is 23.8 Å². The average molecular weight is 641 g/mol. The molecule has 0 spiro atoms. The van der Waals surface area contributed by atoms with Gasteiger partial charge in [0.05, 0.1) is 13.2 Å². The smallest absolute Gasteiger partial charge is 0.339 e. The van der Waals surface area contributed by atoms with Gasteiger partial charge in [-0.2, -0.15) is 16.8 Å². The Hall–Kier alpha value is -4.75. The van der Waals surface area contributed by atoms with Crippen LogP contribution in [0, 0.1) is 0 Å². The normalized spacial score (nSPS) is 11.3. The highest BCUT2D eigenvalue weighted by molar-refractivity contribution is 7.87. The first-order valence-corrected chi connectivity index (χ1v) is 16.5. The number of ether oxygens (including phenoxy) is 2. The van der Waals surface area contributed by atoms with Crippen LogP contribution in [-0.2, 0) is 20.2 Å². The van der Waals surface area contributed by atoms with Gasteiger partial charge in [0.15, 0.2) is 0 Å². The first-order valence-electron chi connectivity index (χ1n) is 13.7. The summed E-state index contributed by atoms with van der Waals surface area (Å²) >= 11 is 0. The largest absolute Gasteiger partial charge is 0.494 e. The molecular weight excluding hydrogens is 608 g/mol. The Morgan fingerprint density at radius 2 is 1.02 bits per heavy atom. The molecule has 0 unspecified atom stereocenters. The fraction of sp³-hybridized carbons (Fsp3) is 0.194. The molecule has 4 aromatic rings. The number of carbonyl (C=O) groups excluding carboxylic acids is 1. The predicted molar refractivity (Wildman–Crippen MR) is 166 cm³/mol. The number of nitrogens with one attached hydrogen (secondary N) is 2. The van der Waals surface area contributed by atoms with Crippen LogP contribution in [-0.4, -0.2) is 36.1 Å². The van der Waals surface area contributed by atoms with Crippen LogP contribution in [0.2, 0.25) is 0 Å². The Morgan fingerprint density at radius 3 is 1.52 bits per heavy atom. The Morgan fingerprint density at radius 1 is 0.568 bits per heavy atom. The van der Waals surface area contributed by atoms with Crippen LogP contribution in [0.3, 0.4) is 0 Å². The van der Waals surface area contributed by atoms with Gasteiger partial charge in [-0.05, 0) is 97.8 Å². The maximum Gasteiger partial charge on any atom is 0.339 e. The van der Waals surface area contributed by atoms with Crippen molar-refractivity contribution in [2.45, 2.75) is 36.5 Å². The summed E-state index contributed by atoms with van der Waals surface area (Å²) in [5.74, 6) is 1.16. The minimum Gasteiger partial charge on any atom is -0.494 e. The number of urea groups is 1. The van der Waals surface area contributed by atoms with E-state index in [9.17, 15) is 21.6 Å². The SMILES string of the molecule is CCCOc1ccc(S(=O)(=O)Oc2ccc(NC(=O)Nc3cccc(OS(=O)(=O)c4ccc(OCCC)cc4)c3)cc2)cc1. The molecule has 0 saturated heterocycles. The van der Waals surface area contributed by atoms with Crippen molar-refractivity contribution in [1.82, 2.24) is 0 Å². The Bertz CT molecular complexity index is 1760. The highest BCUT2D eigenvalue weighted by Crippen LogP contribution is 2.25. The lowest BCUT2D eigenvalue weighted by molar-refractivity contribution is 0.262. The monoisotopic (exact) mass is 640 g/mol. The van der Waals surface area contributed by atoms with E-state index in [1.54, 1.807) is 30.3 Å². The van der Waals surface area contributed by atoms with Crippen LogP contribution in [0.4, 0.5) is 16.2 Å². The number of anilines is 2. The zero-order valence-corrected chi connectivity index (χ0v) is 25.7. The van der Waals surface area contributed by atoms with E-state index < -0.39 is 26.3 Å². The van der Waals surface area contributed by atoms with Gasteiger partial charge in [-0.1, -0.05) is 19.9 Å². The number of carbonyl (C=O) groups is 1. The number of rotatable bonds is 14. The average Bonchev–Trinajstić information content (AvgIpc) is 3.00. The van der Waals surface area contributed by atoms with E-state index in [0.29, 0.717) is 30.4 Å². The molecular formula is C31H32N2O9S2. The molecule has 0 saturated carbocycles. The van der Waals surface area contributed by atoms with E-state index in [4.69, 9.17) is 17.8 Å². The van der Waals surface area contributed by atoms with E-state index in [0.717, 1.165) is 12.8 Å². The first-order chi connectivity index (χ1) is 21.1. The molecule has 0 fully saturated rings. The summed E-state index contributed by atoms with van der Waals surface area (Å²) in [5, 5.41) is 5.20. The van der Waals surface area contributed by atoms with E-state index in [2.05, 4.69) is 10.6 Å². The minimum absolute atomic E-state index is 0.0000502. The lowest BCUT2D eigenvalue weighted by Gasteiger charge is -2.11. The molecule has 232 valence electrons. The van der Waals surface area contributed by atoms with Gasteiger partial charge in [0.1, 0.15) is 32.8 Å². The summed E-state index contributed by atoms with van der Waals surface area (Å²) in [6, 6.07) is 22.8. The Balaban J connectivity index is 1.32. The predicted octanol–water partition coefficient (Wildman–Crippen LogP) is 6.44. The van der Waals surface area contributed by atoms with Gasteiger partial charge in [-0.15, -0.1) is 0 Å². The van der Waals surface area contributed by atoms with Crippen LogP contribution in [0.5, 0.6) is 23.0 Å². The number of hydrogen-bond acceptors (Lipinski definition) is 9. The van der Waals surface area contributed by atoms with Crippen molar-refractivity contribution in [1.29, 1.82) is 0 Å². The van der Waals surface area contributed by atoms with Crippen molar-refractivity contribution in [2.24, 2.45) is 0 Å². The van der Waals surface area contributed by atoms with E-state index in [1.807, 2.05) is 13.8 Å². The van der Waals surface area contributed by atoms with E-state index >= 15 is 0 Å². The van der Waals surface area contributed by atoms with Crippen LogP contribution in [0.15, 0.2) is 107 Å². The zero-order chi connectivity index (χ0) is 31.6. The van der Waals surface area contributed by atoms with Crippen LogP contribution in [0.25, 0.3) is 0 Å². The van der Waals surface area contributed by atoms with Gasteiger partial charge in [0.2, 0.25) is 0 Å². The Labute approximate surface area is 257 Å². The molecule has 4 aromatic carbocycles. The molecule has 2 N–H and O–H groups in total. The van der Waals surface area contributed by atoms with Gasteiger partial charge in [0, 0.05) is 17.4 Å². The maximum absolute atomic E-state index is 12.7. The second-order valence-electron chi connectivity index (χ2n) is 9.35. The number of hydrogen-bond donors (Lipinski definition) is 2. The molecule has 0 heterocycles. The highest BCUT2D eigenvalue weighted by atomic mass is 32.2. The molecule has 0 aliphatic heterocycles. The van der Waals surface area contributed by atoms with Crippen LogP contribution < -0.4 is 28.5 Å². The molecule has 0 aliphatic carbocycles. The summed E-state index contributed by atoms with van der Waals surface area (Å²) in [6.45, 7) is 4.98. The first kappa shape index (κ1) is 32.2. The molecule has 0 bridgehead atoms. The fourth-order valence-corrected chi connectivity index (χ4v) is 5.56. The van der Waals surface area contributed by atoms with Gasteiger partial charge < -0.3 is 28.5 Å². The van der Waals surface area contributed by atoms with Crippen molar-refractivity contribution in [3.63, 3.8) is 0 Å². The lowest BCUT2D eigenvalue weighted by atomic mass is 10.3. The van der Waals surface area contributed by atoms with Gasteiger partial charge >= 0.3 is 26.3 Å². The van der Waals surface area contributed by atoms with Gasteiger partial charge in [0.25, 0.3) is 0 Å². The van der Waals surface area contributed by atoms with Crippen molar-refractivity contribution < 1.29 is 39.5 Å². The third kappa shape index (κ3) is 9.12. The molecule has 0 radical (unpaired) electrons. The lowest BCUT2D eigenvalue weighted by Crippen LogP contribution is -2.19. The molecule has 0 atom stereocenters. The summed E-state index contributed by atoms with van der Waals surface area (Å²) in [7, 11) is -8.21. The van der Waals surface area contributed by atoms with E-state index in [1.165, 1.54) is 66.7 Å².